The van der Waals surface area contributed by atoms with Crippen molar-refractivity contribution in [2.45, 2.75) is 20.3 Å². The summed E-state index contributed by atoms with van der Waals surface area (Å²) in [6.45, 7) is 3.96. The minimum Gasteiger partial charge on any atom is -0.789 e. The molecule has 0 aromatic heterocycles. The van der Waals surface area contributed by atoms with Gasteiger partial charge in [0.2, 0.25) is 5.91 Å². The maximum absolute atomic E-state index is 11.6. The molecule has 1 saturated carbocycles. The summed E-state index contributed by atoms with van der Waals surface area (Å²) in [5.41, 5.74) is -0.112. The van der Waals surface area contributed by atoms with Crippen LogP contribution in [0, 0.1) is 11.3 Å². The third-order valence-corrected chi connectivity index (χ3v) is 2.77. The number of carboxylic acids is 1. The van der Waals surface area contributed by atoms with E-state index in [9.17, 15) is 9.59 Å². The molecule has 1 rings (SSSR count). The fraction of sp³-hybridized carbons (Fsp3) is 0.600. The molecule has 1 radical (unpaired) electrons. The Morgan fingerprint density at radius 1 is 1.56 bits per heavy atom. The van der Waals surface area contributed by atoms with Crippen LogP contribution in [0.2, 0.25) is 0 Å². The van der Waals surface area contributed by atoms with E-state index in [1.165, 1.54) is 6.08 Å². The van der Waals surface area contributed by atoms with Crippen LogP contribution in [0.4, 0.5) is 0 Å². The third-order valence-electron chi connectivity index (χ3n) is 2.61. The normalized spacial score (nSPS) is 21.9. The molecule has 1 amide bonds. The average Bonchev–Trinajstić information content (AvgIpc) is 2.74. The van der Waals surface area contributed by atoms with E-state index in [1.54, 1.807) is 0 Å². The van der Waals surface area contributed by atoms with Gasteiger partial charge in [-0.05, 0) is 11.8 Å². The standard InChI is InChI=1S/C10H15NO3S.Y/c1-10(2)5-6(10)8(12)11-7(3-4-15)9(13)14;/h3,6,15H,4-5H2,1-2H3,(H,11,12)(H,13,14);/p-1/b7-3-;. The van der Waals surface area contributed by atoms with Crippen LogP contribution in [0.15, 0.2) is 11.8 Å². The fourth-order valence-corrected chi connectivity index (χ4v) is 1.58. The Kier molecular flexibility index (Phi) is 6.22. The zero-order chi connectivity index (χ0) is 11.6. The number of hydrogen-bond acceptors (Lipinski definition) is 3. The number of carboxylic acid groups (broad SMARTS) is 1. The van der Waals surface area contributed by atoms with E-state index >= 15 is 0 Å². The minimum atomic E-state index is -1.15. The van der Waals surface area contributed by atoms with Gasteiger partial charge in [0.15, 0.2) is 0 Å². The second-order valence-corrected chi connectivity index (χ2v) is 4.66. The zero-order valence-electron chi connectivity index (χ0n) is 9.32. The van der Waals surface area contributed by atoms with E-state index in [1.807, 2.05) is 13.8 Å². The predicted octanol–water partition coefficient (Wildman–Crippen LogP) is 0.662. The van der Waals surface area contributed by atoms with Gasteiger partial charge >= 0.3 is 5.97 Å². The molecule has 6 heteroatoms. The van der Waals surface area contributed by atoms with Gasteiger partial charge in [0, 0.05) is 38.6 Å². The van der Waals surface area contributed by atoms with Gasteiger partial charge in [-0.1, -0.05) is 19.9 Å². The van der Waals surface area contributed by atoms with Crippen molar-refractivity contribution in [3.63, 3.8) is 0 Å². The molecule has 0 bridgehead atoms. The SMILES string of the molecule is CC1(C)CC1C(=O)N/C(=C\C[S-])C(=O)O.[Y]. The van der Waals surface area contributed by atoms with Gasteiger partial charge in [0.1, 0.15) is 5.70 Å². The molecule has 1 aliphatic carbocycles. The number of rotatable bonds is 4. The summed E-state index contributed by atoms with van der Waals surface area (Å²) in [4.78, 5) is 22.3. The molecule has 87 valence electrons. The first kappa shape index (κ1) is 16.1. The first-order valence-corrected chi connectivity index (χ1v) is 5.28. The Hall–Kier alpha value is 0.134. The summed E-state index contributed by atoms with van der Waals surface area (Å²) in [7, 11) is 0. The van der Waals surface area contributed by atoms with E-state index < -0.39 is 5.97 Å². The van der Waals surface area contributed by atoms with E-state index in [-0.39, 0.29) is 61.4 Å². The summed E-state index contributed by atoms with van der Waals surface area (Å²) in [5.74, 6) is -1.27. The van der Waals surface area contributed by atoms with Crippen molar-refractivity contribution in [3.8, 4) is 0 Å². The molecule has 2 N–H and O–H groups in total. The zero-order valence-corrected chi connectivity index (χ0v) is 13.0. The summed E-state index contributed by atoms with van der Waals surface area (Å²) in [5, 5.41) is 11.1. The molecule has 0 saturated heterocycles. The first-order valence-electron chi connectivity index (χ1n) is 4.71. The van der Waals surface area contributed by atoms with Crippen LogP contribution in [-0.4, -0.2) is 22.7 Å². The molecule has 0 heterocycles. The van der Waals surface area contributed by atoms with Gasteiger partial charge in [-0.3, -0.25) is 4.79 Å². The Bertz CT molecular complexity index is 328. The molecule has 0 aromatic carbocycles. The van der Waals surface area contributed by atoms with Crippen LogP contribution in [0.25, 0.3) is 0 Å². The van der Waals surface area contributed by atoms with Crippen molar-refractivity contribution in [1.82, 2.24) is 5.32 Å². The van der Waals surface area contributed by atoms with Gasteiger partial charge in [0.25, 0.3) is 0 Å². The maximum atomic E-state index is 11.6. The smallest absolute Gasteiger partial charge is 0.351 e. The summed E-state index contributed by atoms with van der Waals surface area (Å²) in [6.07, 6.45) is 2.13. The second-order valence-electron chi connectivity index (χ2n) is 4.32. The largest absolute Gasteiger partial charge is 0.789 e. The van der Waals surface area contributed by atoms with Crippen LogP contribution in [0.3, 0.4) is 0 Å². The maximum Gasteiger partial charge on any atom is 0.351 e. The quantitative estimate of drug-likeness (QED) is 0.591. The summed E-state index contributed by atoms with van der Waals surface area (Å²) >= 11 is 4.64. The Labute approximate surface area is 126 Å². The van der Waals surface area contributed by atoms with Crippen LogP contribution < -0.4 is 5.32 Å². The molecule has 16 heavy (non-hydrogen) atoms. The Morgan fingerprint density at radius 2 is 2.06 bits per heavy atom. The second kappa shape index (κ2) is 6.17. The molecular formula is C10H14NO3SY-. The van der Waals surface area contributed by atoms with E-state index in [0.29, 0.717) is 0 Å². The Morgan fingerprint density at radius 3 is 2.38 bits per heavy atom. The molecule has 0 spiro atoms. The molecule has 1 atom stereocenters. The van der Waals surface area contributed by atoms with Gasteiger partial charge in [0.05, 0.1) is 0 Å². The minimum absolute atomic E-state index is 0. The number of nitrogens with one attached hydrogen (secondary N) is 1. The number of hydrogen-bond donors (Lipinski definition) is 2. The van der Waals surface area contributed by atoms with Crippen molar-refractivity contribution in [3.05, 3.63) is 11.8 Å². The van der Waals surface area contributed by atoms with E-state index in [0.717, 1.165) is 6.42 Å². The van der Waals surface area contributed by atoms with Crippen LogP contribution >= 0.6 is 0 Å². The van der Waals surface area contributed by atoms with Gasteiger partial charge in [-0.25, -0.2) is 4.79 Å². The average molecular weight is 317 g/mol. The molecule has 1 unspecified atom stereocenters. The monoisotopic (exact) mass is 317 g/mol. The topological polar surface area (TPSA) is 66.4 Å². The van der Waals surface area contributed by atoms with Crippen LogP contribution in [0.5, 0.6) is 0 Å². The summed E-state index contributed by atoms with van der Waals surface area (Å²) < 4.78 is 0. The molecular weight excluding hydrogens is 303 g/mol. The third kappa shape index (κ3) is 4.19. The first-order chi connectivity index (χ1) is 6.88. The number of carbonyl (C=O) groups excluding carboxylic acids is 1. The van der Waals surface area contributed by atoms with Gasteiger partial charge in [-0.15, -0.1) is 0 Å². The van der Waals surface area contributed by atoms with Crippen molar-refractivity contribution < 1.29 is 47.4 Å². The Balaban J connectivity index is 0.00000225. The molecule has 1 aliphatic rings. The molecule has 1 fully saturated rings. The van der Waals surface area contributed by atoms with E-state index in [4.69, 9.17) is 5.11 Å². The fourth-order valence-electron chi connectivity index (χ4n) is 1.41. The van der Waals surface area contributed by atoms with Gasteiger partial charge in [-0.2, -0.15) is 5.75 Å². The molecule has 0 aromatic rings. The van der Waals surface area contributed by atoms with Crippen molar-refractivity contribution >= 4 is 24.5 Å². The predicted molar refractivity (Wildman–Crippen MR) is 58.0 cm³/mol. The van der Waals surface area contributed by atoms with Crippen molar-refractivity contribution in [1.29, 1.82) is 0 Å². The van der Waals surface area contributed by atoms with Crippen molar-refractivity contribution in [2.24, 2.45) is 11.3 Å². The van der Waals surface area contributed by atoms with Crippen molar-refractivity contribution in [2.75, 3.05) is 5.75 Å². The molecule has 0 aliphatic heterocycles. The van der Waals surface area contributed by atoms with E-state index in [2.05, 4.69) is 17.9 Å². The summed E-state index contributed by atoms with van der Waals surface area (Å²) in [6, 6.07) is 0. The molecule has 4 nitrogen and oxygen atoms in total. The van der Waals surface area contributed by atoms with Gasteiger partial charge < -0.3 is 23.1 Å². The van der Waals surface area contributed by atoms with Crippen LogP contribution in [-0.2, 0) is 54.9 Å². The number of aliphatic carboxylic acids is 1. The number of amides is 1. The van der Waals surface area contributed by atoms with Crippen LogP contribution in [0.1, 0.15) is 20.3 Å². The number of carbonyl (C=O) groups is 2.